The SMILES string of the molecule is CNc1ccnc(-c2ccc(C(=O)NC(c3cccc(C)n3)C3CC3)cc2)n1. The first kappa shape index (κ1) is 18.1. The first-order chi connectivity index (χ1) is 13.6. The normalized spacial score (nSPS) is 14.4. The Hall–Kier alpha value is -3.28. The van der Waals surface area contributed by atoms with Crippen LogP contribution in [-0.4, -0.2) is 27.9 Å². The average molecular weight is 373 g/mol. The molecule has 1 fully saturated rings. The van der Waals surface area contributed by atoms with Crippen molar-refractivity contribution in [3.05, 3.63) is 71.7 Å². The summed E-state index contributed by atoms with van der Waals surface area (Å²) in [7, 11) is 1.82. The summed E-state index contributed by atoms with van der Waals surface area (Å²) in [6, 6.07) is 15.1. The molecule has 0 saturated heterocycles. The number of hydrogen-bond acceptors (Lipinski definition) is 5. The van der Waals surface area contributed by atoms with Crippen molar-refractivity contribution in [2.45, 2.75) is 25.8 Å². The maximum atomic E-state index is 12.8. The summed E-state index contributed by atoms with van der Waals surface area (Å²) in [4.78, 5) is 26.2. The summed E-state index contributed by atoms with van der Waals surface area (Å²) in [5, 5.41) is 6.18. The molecule has 6 heteroatoms. The molecule has 1 aliphatic carbocycles. The standard InChI is InChI=1S/C22H23N5O/c1-14-4-3-5-18(25-14)20(15-6-7-15)27-22(28)17-10-8-16(9-11-17)21-24-13-12-19(23-2)26-21/h3-5,8-13,15,20H,6-7H2,1-2H3,(H,27,28)(H,23,24,26). The van der Waals surface area contributed by atoms with Gasteiger partial charge in [-0.3, -0.25) is 9.78 Å². The molecule has 142 valence electrons. The van der Waals surface area contributed by atoms with Gasteiger partial charge in [-0.15, -0.1) is 0 Å². The molecule has 2 heterocycles. The number of nitrogens with zero attached hydrogens (tertiary/aromatic N) is 3. The van der Waals surface area contributed by atoms with Crippen LogP contribution in [-0.2, 0) is 0 Å². The van der Waals surface area contributed by atoms with Gasteiger partial charge in [0.2, 0.25) is 0 Å². The van der Waals surface area contributed by atoms with Gasteiger partial charge in [-0.2, -0.15) is 0 Å². The molecule has 0 aliphatic heterocycles. The van der Waals surface area contributed by atoms with Crippen LogP contribution >= 0.6 is 0 Å². The van der Waals surface area contributed by atoms with E-state index < -0.39 is 0 Å². The van der Waals surface area contributed by atoms with Gasteiger partial charge in [-0.1, -0.05) is 18.2 Å². The number of pyridine rings is 1. The molecule has 4 rings (SSSR count). The number of nitrogens with one attached hydrogen (secondary N) is 2. The van der Waals surface area contributed by atoms with Crippen LogP contribution in [0.2, 0.25) is 0 Å². The van der Waals surface area contributed by atoms with E-state index in [0.717, 1.165) is 35.6 Å². The maximum absolute atomic E-state index is 12.8. The van der Waals surface area contributed by atoms with Crippen LogP contribution in [0.4, 0.5) is 5.82 Å². The lowest BCUT2D eigenvalue weighted by Crippen LogP contribution is -2.30. The molecule has 1 unspecified atom stereocenters. The molecule has 2 aromatic heterocycles. The number of hydrogen-bond donors (Lipinski definition) is 2. The lowest BCUT2D eigenvalue weighted by atomic mass is 10.1. The highest BCUT2D eigenvalue weighted by molar-refractivity contribution is 5.94. The second-order valence-corrected chi connectivity index (χ2v) is 7.09. The van der Waals surface area contributed by atoms with Crippen LogP contribution < -0.4 is 10.6 Å². The predicted molar refractivity (Wildman–Crippen MR) is 109 cm³/mol. The Bertz CT molecular complexity index is 982. The van der Waals surface area contributed by atoms with E-state index in [2.05, 4.69) is 25.6 Å². The fourth-order valence-corrected chi connectivity index (χ4v) is 3.23. The van der Waals surface area contributed by atoms with Crippen LogP contribution in [0.3, 0.4) is 0 Å². The van der Waals surface area contributed by atoms with Gasteiger partial charge in [0.25, 0.3) is 5.91 Å². The van der Waals surface area contributed by atoms with Gasteiger partial charge in [0.05, 0.1) is 11.7 Å². The van der Waals surface area contributed by atoms with E-state index in [1.807, 2.05) is 62.5 Å². The molecule has 0 radical (unpaired) electrons. The molecule has 1 atom stereocenters. The summed E-state index contributed by atoms with van der Waals surface area (Å²) >= 11 is 0. The first-order valence-corrected chi connectivity index (χ1v) is 9.49. The minimum absolute atomic E-state index is 0.0391. The second-order valence-electron chi connectivity index (χ2n) is 7.09. The Kier molecular flexibility index (Phi) is 5.02. The smallest absolute Gasteiger partial charge is 0.251 e. The van der Waals surface area contributed by atoms with E-state index in [4.69, 9.17) is 0 Å². The maximum Gasteiger partial charge on any atom is 0.251 e. The van der Waals surface area contributed by atoms with Crippen LogP contribution in [0.5, 0.6) is 0 Å². The third kappa shape index (κ3) is 4.01. The summed E-state index contributed by atoms with van der Waals surface area (Å²) in [5.41, 5.74) is 3.38. The van der Waals surface area contributed by atoms with Crippen LogP contribution in [0.15, 0.2) is 54.7 Å². The van der Waals surface area contributed by atoms with Crippen molar-refractivity contribution in [3.63, 3.8) is 0 Å². The quantitative estimate of drug-likeness (QED) is 0.687. The van der Waals surface area contributed by atoms with Gasteiger partial charge >= 0.3 is 0 Å². The zero-order valence-corrected chi connectivity index (χ0v) is 16.0. The highest BCUT2D eigenvalue weighted by atomic mass is 16.1. The Labute approximate surface area is 164 Å². The monoisotopic (exact) mass is 373 g/mol. The zero-order valence-electron chi connectivity index (χ0n) is 16.0. The Morgan fingerprint density at radius 2 is 1.86 bits per heavy atom. The second kappa shape index (κ2) is 7.76. The minimum Gasteiger partial charge on any atom is -0.373 e. The largest absolute Gasteiger partial charge is 0.373 e. The van der Waals surface area contributed by atoms with E-state index in [-0.39, 0.29) is 11.9 Å². The molecule has 0 spiro atoms. The van der Waals surface area contributed by atoms with Crippen molar-refractivity contribution in [1.82, 2.24) is 20.3 Å². The van der Waals surface area contributed by atoms with Crippen LogP contribution in [0, 0.1) is 12.8 Å². The number of anilines is 1. The van der Waals surface area contributed by atoms with Gasteiger partial charge in [-0.05, 0) is 56.0 Å². The Balaban J connectivity index is 1.51. The molecular formula is C22H23N5O. The molecule has 2 N–H and O–H groups in total. The minimum atomic E-state index is -0.0864. The number of rotatable bonds is 6. The Morgan fingerprint density at radius 1 is 1.07 bits per heavy atom. The molecule has 6 nitrogen and oxygen atoms in total. The summed E-state index contributed by atoms with van der Waals surface area (Å²) < 4.78 is 0. The summed E-state index contributed by atoms with van der Waals surface area (Å²) in [6.07, 6.45) is 3.96. The van der Waals surface area contributed by atoms with Crippen molar-refractivity contribution in [1.29, 1.82) is 0 Å². The predicted octanol–water partition coefficient (Wildman–Crippen LogP) is 3.77. The lowest BCUT2D eigenvalue weighted by Gasteiger charge is -2.18. The molecule has 1 aromatic carbocycles. The van der Waals surface area contributed by atoms with Gasteiger partial charge in [0.1, 0.15) is 5.82 Å². The average Bonchev–Trinajstić information content (AvgIpc) is 3.57. The van der Waals surface area contributed by atoms with Gasteiger partial charge in [-0.25, -0.2) is 9.97 Å². The van der Waals surface area contributed by atoms with Crippen molar-refractivity contribution in [3.8, 4) is 11.4 Å². The molecule has 3 aromatic rings. The molecular weight excluding hydrogens is 350 g/mol. The summed E-state index contributed by atoms with van der Waals surface area (Å²) in [5.74, 6) is 1.76. The van der Waals surface area contributed by atoms with Crippen molar-refractivity contribution in [2.75, 3.05) is 12.4 Å². The molecule has 28 heavy (non-hydrogen) atoms. The first-order valence-electron chi connectivity index (χ1n) is 9.49. The number of benzene rings is 1. The van der Waals surface area contributed by atoms with Crippen molar-refractivity contribution in [2.24, 2.45) is 5.92 Å². The Morgan fingerprint density at radius 3 is 2.54 bits per heavy atom. The number of amides is 1. The van der Waals surface area contributed by atoms with E-state index in [1.54, 1.807) is 6.20 Å². The highest BCUT2D eigenvalue weighted by Gasteiger charge is 2.34. The highest BCUT2D eigenvalue weighted by Crippen LogP contribution is 2.40. The third-order valence-electron chi connectivity index (χ3n) is 4.93. The lowest BCUT2D eigenvalue weighted by molar-refractivity contribution is 0.0930. The number of aryl methyl sites for hydroxylation is 1. The van der Waals surface area contributed by atoms with Crippen molar-refractivity contribution < 1.29 is 4.79 Å². The van der Waals surface area contributed by atoms with Crippen molar-refractivity contribution >= 4 is 11.7 Å². The number of carbonyl (C=O) groups is 1. The molecule has 1 aliphatic rings. The number of aromatic nitrogens is 3. The van der Waals surface area contributed by atoms with Crippen LogP contribution in [0.25, 0.3) is 11.4 Å². The van der Waals surface area contributed by atoms with E-state index in [9.17, 15) is 4.79 Å². The summed E-state index contributed by atoms with van der Waals surface area (Å²) in [6.45, 7) is 1.97. The molecule has 1 saturated carbocycles. The molecule has 1 amide bonds. The fraction of sp³-hybridized carbons (Fsp3) is 0.273. The zero-order chi connectivity index (χ0) is 19.5. The molecule has 0 bridgehead atoms. The van der Waals surface area contributed by atoms with E-state index >= 15 is 0 Å². The van der Waals surface area contributed by atoms with Gasteiger partial charge in [0, 0.05) is 30.1 Å². The van der Waals surface area contributed by atoms with E-state index in [0.29, 0.717) is 17.3 Å². The van der Waals surface area contributed by atoms with Gasteiger partial charge in [0.15, 0.2) is 5.82 Å². The van der Waals surface area contributed by atoms with E-state index in [1.165, 1.54) is 0 Å². The third-order valence-corrected chi connectivity index (χ3v) is 4.93. The van der Waals surface area contributed by atoms with Crippen LogP contribution in [0.1, 0.15) is 40.6 Å². The number of carbonyl (C=O) groups excluding carboxylic acids is 1. The van der Waals surface area contributed by atoms with Gasteiger partial charge < -0.3 is 10.6 Å². The fourth-order valence-electron chi connectivity index (χ4n) is 3.23. The topological polar surface area (TPSA) is 79.8 Å².